The average Bonchev–Trinajstić information content (AvgIpc) is 3.56. The number of methoxy groups -OCH3 is 1. The van der Waals surface area contributed by atoms with Crippen LogP contribution in [0.2, 0.25) is 5.02 Å². The van der Waals surface area contributed by atoms with Crippen molar-refractivity contribution in [2.75, 3.05) is 7.11 Å². The number of nitrogens with one attached hydrogen (secondary N) is 1. The lowest BCUT2D eigenvalue weighted by Gasteiger charge is -2.27. The molecular formula is C29H29ClFN7O3. The van der Waals surface area contributed by atoms with Crippen LogP contribution in [0, 0.1) is 17.7 Å². The van der Waals surface area contributed by atoms with Gasteiger partial charge in [0, 0.05) is 43.6 Å². The molecule has 1 N–H and O–H groups in total. The van der Waals surface area contributed by atoms with Crippen LogP contribution in [0.4, 0.5) is 4.39 Å². The Balaban J connectivity index is 1.55. The maximum Gasteiger partial charge on any atom is 0.439 e. The fourth-order valence-corrected chi connectivity index (χ4v) is 5.77. The van der Waals surface area contributed by atoms with Crippen molar-refractivity contribution in [3.8, 4) is 22.9 Å². The summed E-state index contributed by atoms with van der Waals surface area (Å²) in [5.41, 5.74) is 2.73. The average molecular weight is 578 g/mol. The van der Waals surface area contributed by atoms with E-state index in [0.29, 0.717) is 63.6 Å². The SMILES string of the molecule is COC(Cc1nc2nc(-c3noc(=O)[nH]3)nc(-c3cncc(Cl)c3)c2n1CC1CCC(C)CC1)c1ccccc1F. The number of benzene rings is 1. The van der Waals surface area contributed by atoms with Crippen molar-refractivity contribution in [1.29, 1.82) is 0 Å². The molecule has 1 aliphatic rings. The predicted molar refractivity (Wildman–Crippen MR) is 151 cm³/mol. The molecule has 0 saturated heterocycles. The van der Waals surface area contributed by atoms with Gasteiger partial charge < -0.3 is 9.30 Å². The minimum atomic E-state index is -0.722. The third-order valence-electron chi connectivity index (χ3n) is 7.79. The molecule has 12 heteroatoms. The second-order valence-electron chi connectivity index (χ2n) is 10.6. The lowest BCUT2D eigenvalue weighted by Crippen LogP contribution is -2.20. The van der Waals surface area contributed by atoms with Crippen LogP contribution in [0.5, 0.6) is 0 Å². The monoisotopic (exact) mass is 577 g/mol. The van der Waals surface area contributed by atoms with E-state index in [1.807, 2.05) is 0 Å². The zero-order valence-electron chi connectivity index (χ0n) is 22.7. The minimum absolute atomic E-state index is 0.0756. The first-order chi connectivity index (χ1) is 19.9. The number of aromatic amines is 1. The number of rotatable bonds is 8. The van der Waals surface area contributed by atoms with Gasteiger partial charge in [0.1, 0.15) is 22.9 Å². The van der Waals surface area contributed by atoms with Crippen LogP contribution in [0.25, 0.3) is 34.1 Å². The number of pyridine rings is 1. The molecule has 0 aliphatic heterocycles. The Labute approximate surface area is 240 Å². The molecule has 1 aliphatic carbocycles. The summed E-state index contributed by atoms with van der Waals surface area (Å²) in [6.45, 7) is 2.98. The minimum Gasteiger partial charge on any atom is -0.376 e. The molecule has 1 aromatic carbocycles. The first-order valence-electron chi connectivity index (χ1n) is 13.6. The zero-order valence-corrected chi connectivity index (χ0v) is 23.4. The summed E-state index contributed by atoms with van der Waals surface area (Å²) in [5, 5.41) is 4.22. The Morgan fingerprint density at radius 3 is 2.68 bits per heavy atom. The van der Waals surface area contributed by atoms with Gasteiger partial charge in [0.15, 0.2) is 5.65 Å². The van der Waals surface area contributed by atoms with Crippen molar-refractivity contribution in [1.82, 2.24) is 34.6 Å². The van der Waals surface area contributed by atoms with Crippen LogP contribution in [0.3, 0.4) is 0 Å². The lowest BCUT2D eigenvalue weighted by molar-refractivity contribution is 0.0975. The third kappa shape index (κ3) is 5.64. The number of imidazole rings is 1. The summed E-state index contributed by atoms with van der Waals surface area (Å²) in [5.74, 6) is 0.961. The summed E-state index contributed by atoms with van der Waals surface area (Å²) >= 11 is 6.34. The molecule has 41 heavy (non-hydrogen) atoms. The molecule has 0 amide bonds. The molecule has 1 saturated carbocycles. The standard InChI is InChI=1S/C29H29ClFN7O3/c1-16-7-9-17(10-8-16)15-38-23(12-22(40-2)20-5-3-4-6-21(20)31)33-26-25(38)24(18-11-19(30)14-32-13-18)34-27(35-26)28-36-29(39)41-37-28/h3-6,11,13-14,16-17,22H,7-10,12,15H2,1-2H3,(H,36,37,39). The zero-order chi connectivity index (χ0) is 28.5. The van der Waals surface area contributed by atoms with Crippen molar-refractivity contribution in [2.24, 2.45) is 11.8 Å². The summed E-state index contributed by atoms with van der Waals surface area (Å²) < 4.78 is 27.4. The maximum atomic E-state index is 14.8. The quantitative estimate of drug-likeness (QED) is 0.246. The largest absolute Gasteiger partial charge is 0.439 e. The van der Waals surface area contributed by atoms with Gasteiger partial charge in [-0.05, 0) is 36.8 Å². The van der Waals surface area contributed by atoms with Gasteiger partial charge in [0.05, 0.1) is 11.1 Å². The molecule has 5 aromatic rings. The first kappa shape index (κ1) is 27.2. The Morgan fingerprint density at radius 1 is 1.17 bits per heavy atom. The summed E-state index contributed by atoms with van der Waals surface area (Å²) in [7, 11) is 1.56. The number of halogens is 2. The van der Waals surface area contributed by atoms with Crippen LogP contribution in [-0.2, 0) is 17.7 Å². The second kappa shape index (κ2) is 11.5. The van der Waals surface area contributed by atoms with E-state index < -0.39 is 11.9 Å². The number of H-pyrrole nitrogens is 1. The fourth-order valence-electron chi connectivity index (χ4n) is 5.60. The van der Waals surface area contributed by atoms with E-state index in [0.717, 1.165) is 25.7 Å². The number of hydrogen-bond donors (Lipinski definition) is 1. The predicted octanol–water partition coefficient (Wildman–Crippen LogP) is 5.78. The van der Waals surface area contributed by atoms with E-state index in [4.69, 9.17) is 30.8 Å². The van der Waals surface area contributed by atoms with Gasteiger partial charge in [-0.1, -0.05) is 54.7 Å². The first-order valence-corrected chi connectivity index (χ1v) is 14.0. The Hall–Kier alpha value is -3.96. The van der Waals surface area contributed by atoms with Crippen molar-refractivity contribution < 1.29 is 13.7 Å². The Morgan fingerprint density at radius 2 is 1.98 bits per heavy atom. The molecular weight excluding hydrogens is 549 g/mol. The highest BCUT2D eigenvalue weighted by Crippen LogP contribution is 2.35. The summed E-state index contributed by atoms with van der Waals surface area (Å²) in [6, 6.07) is 8.36. The van der Waals surface area contributed by atoms with Gasteiger partial charge in [-0.2, -0.15) is 0 Å². The number of aromatic nitrogens is 7. The van der Waals surface area contributed by atoms with Gasteiger partial charge in [0.25, 0.3) is 0 Å². The van der Waals surface area contributed by atoms with Crippen molar-refractivity contribution in [3.63, 3.8) is 0 Å². The highest BCUT2D eigenvalue weighted by Gasteiger charge is 2.27. The lowest BCUT2D eigenvalue weighted by atomic mass is 9.83. The number of hydrogen-bond acceptors (Lipinski definition) is 8. The van der Waals surface area contributed by atoms with Crippen LogP contribution < -0.4 is 5.76 Å². The molecule has 6 rings (SSSR count). The number of nitrogens with zero attached hydrogens (tertiary/aromatic N) is 6. The Bertz CT molecular complexity index is 1740. The normalized spacial score (nSPS) is 18.1. The molecule has 4 heterocycles. The fraction of sp³-hybridized carbons (Fsp3) is 0.379. The van der Waals surface area contributed by atoms with Gasteiger partial charge in [-0.3, -0.25) is 14.5 Å². The Kier molecular flexibility index (Phi) is 7.63. The van der Waals surface area contributed by atoms with Crippen LogP contribution in [-0.4, -0.2) is 41.8 Å². The van der Waals surface area contributed by atoms with E-state index >= 15 is 0 Å². The topological polar surface area (TPSA) is 125 Å². The molecule has 0 spiro atoms. The second-order valence-corrected chi connectivity index (χ2v) is 11.1. The van der Waals surface area contributed by atoms with Crippen molar-refractivity contribution in [3.05, 3.63) is 75.5 Å². The molecule has 10 nitrogen and oxygen atoms in total. The van der Waals surface area contributed by atoms with E-state index in [1.54, 1.807) is 43.8 Å². The summed E-state index contributed by atoms with van der Waals surface area (Å²) in [6.07, 6.45) is 7.45. The highest BCUT2D eigenvalue weighted by atomic mass is 35.5. The van der Waals surface area contributed by atoms with E-state index in [2.05, 4.69) is 31.6 Å². The smallest absolute Gasteiger partial charge is 0.376 e. The molecule has 1 fully saturated rings. The van der Waals surface area contributed by atoms with Gasteiger partial charge in [0.2, 0.25) is 11.6 Å². The van der Waals surface area contributed by atoms with E-state index in [-0.39, 0.29) is 17.5 Å². The van der Waals surface area contributed by atoms with Crippen LogP contribution in [0.1, 0.15) is 50.1 Å². The number of fused-ring (bicyclic) bond motifs is 1. The molecule has 1 atom stereocenters. The van der Waals surface area contributed by atoms with Gasteiger partial charge in [-0.25, -0.2) is 24.1 Å². The molecule has 0 radical (unpaired) electrons. The van der Waals surface area contributed by atoms with E-state index in [1.165, 1.54) is 6.07 Å². The van der Waals surface area contributed by atoms with E-state index in [9.17, 15) is 9.18 Å². The molecule has 4 aromatic heterocycles. The van der Waals surface area contributed by atoms with Crippen molar-refractivity contribution >= 4 is 22.8 Å². The molecule has 212 valence electrons. The van der Waals surface area contributed by atoms with Crippen molar-refractivity contribution in [2.45, 2.75) is 51.7 Å². The summed E-state index contributed by atoms with van der Waals surface area (Å²) in [4.78, 5) is 32.9. The van der Waals surface area contributed by atoms with Gasteiger partial charge in [-0.15, -0.1) is 0 Å². The maximum absolute atomic E-state index is 14.8. The van der Waals surface area contributed by atoms with Crippen LogP contribution in [0.15, 0.2) is 52.0 Å². The third-order valence-corrected chi connectivity index (χ3v) is 8.00. The number of ether oxygens (including phenoxy) is 1. The highest BCUT2D eigenvalue weighted by molar-refractivity contribution is 6.30. The molecule has 1 unspecified atom stereocenters. The van der Waals surface area contributed by atoms with Gasteiger partial charge >= 0.3 is 5.76 Å². The van der Waals surface area contributed by atoms with Crippen LogP contribution >= 0.6 is 11.6 Å². The molecule has 0 bridgehead atoms.